The molecule has 0 bridgehead atoms. The first-order chi connectivity index (χ1) is 18.4. The molecule has 0 saturated carbocycles. The summed E-state index contributed by atoms with van der Waals surface area (Å²) in [6.45, 7) is 4.08. The van der Waals surface area contributed by atoms with Crippen molar-refractivity contribution in [3.05, 3.63) is 48.6 Å². The van der Waals surface area contributed by atoms with Gasteiger partial charge in [-0.25, -0.2) is 4.68 Å². The number of aromatic nitrogens is 3. The van der Waals surface area contributed by atoms with E-state index in [1.165, 1.54) is 4.90 Å². The molecule has 11 nitrogen and oxygen atoms in total. The number of amides is 2. The van der Waals surface area contributed by atoms with Crippen molar-refractivity contribution in [3.63, 3.8) is 0 Å². The van der Waals surface area contributed by atoms with Crippen LogP contribution in [0, 0.1) is 17.8 Å². The highest BCUT2D eigenvalue weighted by molar-refractivity contribution is 5.99. The molecule has 2 aromatic rings. The van der Waals surface area contributed by atoms with Crippen molar-refractivity contribution in [1.82, 2.24) is 24.8 Å². The maximum Gasteiger partial charge on any atom is 0.313 e. The van der Waals surface area contributed by atoms with Gasteiger partial charge in [-0.05, 0) is 24.1 Å². The molecule has 6 rings (SSSR count). The third kappa shape index (κ3) is 3.52. The van der Waals surface area contributed by atoms with Gasteiger partial charge in [0.25, 0.3) is 5.91 Å². The summed E-state index contributed by atoms with van der Waals surface area (Å²) in [5.41, 5.74) is 0.117. The van der Waals surface area contributed by atoms with Crippen LogP contribution in [-0.2, 0) is 30.5 Å². The van der Waals surface area contributed by atoms with Crippen LogP contribution in [0.3, 0.4) is 0 Å². The highest BCUT2D eigenvalue weighted by atomic mass is 16.6. The molecule has 1 aromatic heterocycles. The minimum absolute atomic E-state index is 0.0932. The minimum atomic E-state index is -1.37. The Morgan fingerprint density at radius 2 is 2.00 bits per heavy atom. The number of hydrogen-bond acceptors (Lipinski definition) is 8. The molecule has 2 fully saturated rings. The molecule has 4 aliphatic heterocycles. The molecule has 1 spiro atoms. The second kappa shape index (κ2) is 9.32. The largest absolute Gasteiger partial charge is 0.461 e. The second-order valence-electron chi connectivity index (χ2n) is 10.5. The summed E-state index contributed by atoms with van der Waals surface area (Å²) < 4.78 is 13.6. The zero-order valence-corrected chi connectivity index (χ0v) is 21.3. The van der Waals surface area contributed by atoms with E-state index in [0.717, 1.165) is 5.52 Å². The number of hydrogen-bond donors (Lipinski definition) is 1. The van der Waals surface area contributed by atoms with Crippen LogP contribution in [0.1, 0.15) is 20.3 Å². The summed E-state index contributed by atoms with van der Waals surface area (Å²) >= 11 is 0. The van der Waals surface area contributed by atoms with Crippen LogP contribution in [0.25, 0.3) is 11.0 Å². The van der Waals surface area contributed by atoms with Gasteiger partial charge in [0.15, 0.2) is 0 Å². The smallest absolute Gasteiger partial charge is 0.313 e. The Balaban J connectivity index is 1.44. The molecule has 5 heterocycles. The van der Waals surface area contributed by atoms with Gasteiger partial charge >= 0.3 is 5.97 Å². The lowest BCUT2D eigenvalue weighted by Gasteiger charge is -2.40. The lowest BCUT2D eigenvalue weighted by atomic mass is 9.78. The van der Waals surface area contributed by atoms with Gasteiger partial charge in [-0.3, -0.25) is 14.4 Å². The Kier molecular flexibility index (Phi) is 6.07. The molecule has 7 atom stereocenters. The van der Waals surface area contributed by atoms with E-state index in [1.54, 1.807) is 27.8 Å². The number of aliphatic hydroxyl groups excluding tert-OH is 1. The lowest BCUT2D eigenvalue weighted by Crippen LogP contribution is -2.59. The lowest BCUT2D eigenvalue weighted by molar-refractivity contribution is -0.156. The minimum Gasteiger partial charge on any atom is -0.461 e. The van der Waals surface area contributed by atoms with Crippen LogP contribution in [-0.4, -0.2) is 91.2 Å². The number of fused-ring (bicyclic) bond motifs is 3. The maximum absolute atomic E-state index is 14.4. The van der Waals surface area contributed by atoms with Gasteiger partial charge in [-0.15, -0.1) is 5.10 Å². The van der Waals surface area contributed by atoms with Crippen molar-refractivity contribution in [3.8, 4) is 0 Å². The van der Waals surface area contributed by atoms with Gasteiger partial charge in [0.05, 0.1) is 30.2 Å². The number of esters is 1. The van der Waals surface area contributed by atoms with Crippen LogP contribution < -0.4 is 0 Å². The molecule has 1 unspecified atom stereocenters. The molecule has 1 N–H and O–H groups in total. The van der Waals surface area contributed by atoms with Crippen LogP contribution in [0.15, 0.2) is 48.6 Å². The number of benzene rings is 1. The van der Waals surface area contributed by atoms with E-state index in [2.05, 4.69) is 10.3 Å². The molecule has 11 heteroatoms. The van der Waals surface area contributed by atoms with Crippen molar-refractivity contribution in [2.75, 3.05) is 19.8 Å². The first-order valence-corrected chi connectivity index (χ1v) is 13.1. The van der Waals surface area contributed by atoms with Crippen LogP contribution >= 0.6 is 0 Å². The fraction of sp³-hybridized carbons (Fsp3) is 0.519. The van der Waals surface area contributed by atoms with E-state index < -0.39 is 41.6 Å². The predicted octanol–water partition coefficient (Wildman–Crippen LogP) is 0.888. The number of likely N-dealkylation sites (tertiary alicyclic amines) is 1. The van der Waals surface area contributed by atoms with Gasteiger partial charge in [-0.2, -0.15) is 0 Å². The molecule has 38 heavy (non-hydrogen) atoms. The molecule has 0 aliphatic carbocycles. The van der Waals surface area contributed by atoms with Crippen molar-refractivity contribution in [1.29, 1.82) is 0 Å². The van der Waals surface area contributed by atoms with Crippen molar-refractivity contribution >= 4 is 28.8 Å². The highest BCUT2D eigenvalue weighted by Crippen LogP contribution is 2.54. The summed E-state index contributed by atoms with van der Waals surface area (Å²) in [5, 5.41) is 18.9. The Hall–Kier alpha value is -3.57. The molecule has 2 saturated heterocycles. The summed E-state index contributed by atoms with van der Waals surface area (Å²) in [6, 6.07) is 5.80. The quantitative estimate of drug-likeness (QED) is 0.439. The molecular weight excluding hydrogens is 490 g/mol. The van der Waals surface area contributed by atoms with Crippen molar-refractivity contribution < 1.29 is 29.0 Å². The SMILES string of the molecule is CC[C@H](C)[C@H](CO)N1C(=O)[C@@H]2[C@H]3C(=O)OCC=C[C@H]3O[C@@]23C=CCN(Cn2nnc4ccccc42)C(=O)C13. The van der Waals surface area contributed by atoms with Crippen LogP contribution in [0.5, 0.6) is 0 Å². The third-order valence-electron chi connectivity index (χ3n) is 8.50. The van der Waals surface area contributed by atoms with Crippen molar-refractivity contribution in [2.45, 2.75) is 50.7 Å². The van der Waals surface area contributed by atoms with Crippen molar-refractivity contribution in [2.24, 2.45) is 17.8 Å². The summed E-state index contributed by atoms with van der Waals surface area (Å²) in [6.07, 6.45) is 7.05. The average molecular weight is 522 g/mol. The number of nitrogens with zero attached hydrogens (tertiary/aromatic N) is 5. The van der Waals surface area contributed by atoms with E-state index in [4.69, 9.17) is 9.47 Å². The first kappa shape index (κ1) is 24.7. The van der Waals surface area contributed by atoms with E-state index in [0.29, 0.717) is 11.9 Å². The van der Waals surface area contributed by atoms with E-state index in [9.17, 15) is 19.5 Å². The summed E-state index contributed by atoms with van der Waals surface area (Å²) in [7, 11) is 0. The predicted molar refractivity (Wildman–Crippen MR) is 134 cm³/mol. The standard InChI is InChI=1S/C27H31N5O6/c1-3-16(2)19(14-33)32-23-25(35)30(15-31-18-9-5-4-8-17(18)28-29-31)12-7-11-27(23)22(24(32)34)21-20(38-27)10-6-13-37-26(21)36/h4-11,16,19-23,33H,3,12-15H2,1-2H3/t16-,19-,20+,21-,22-,23?,27-/m0/s1. The van der Waals surface area contributed by atoms with Crippen LogP contribution in [0.4, 0.5) is 0 Å². The zero-order valence-electron chi connectivity index (χ0n) is 21.3. The Morgan fingerprint density at radius 3 is 2.79 bits per heavy atom. The van der Waals surface area contributed by atoms with E-state index in [-0.39, 0.29) is 44.2 Å². The number of ether oxygens (including phenoxy) is 2. The molecule has 0 radical (unpaired) electrons. The zero-order chi connectivity index (χ0) is 26.6. The monoisotopic (exact) mass is 521 g/mol. The number of carbonyl (C=O) groups is 3. The number of para-hydroxylation sites is 1. The molecular formula is C27H31N5O6. The van der Waals surface area contributed by atoms with Gasteiger partial charge in [0.1, 0.15) is 36.4 Å². The second-order valence-corrected chi connectivity index (χ2v) is 10.5. The fourth-order valence-corrected chi connectivity index (χ4v) is 6.44. The normalized spacial score (nSPS) is 32.0. The number of carbonyl (C=O) groups excluding carboxylic acids is 3. The molecule has 2 amide bonds. The average Bonchev–Trinajstić information content (AvgIpc) is 3.47. The maximum atomic E-state index is 14.4. The van der Waals surface area contributed by atoms with Gasteiger partial charge in [0, 0.05) is 6.54 Å². The van der Waals surface area contributed by atoms with Gasteiger partial charge < -0.3 is 24.4 Å². The van der Waals surface area contributed by atoms with Gasteiger partial charge in [0.2, 0.25) is 5.91 Å². The summed E-state index contributed by atoms with van der Waals surface area (Å²) in [4.78, 5) is 44.8. The van der Waals surface area contributed by atoms with Gasteiger partial charge in [-0.1, -0.05) is 55.8 Å². The first-order valence-electron chi connectivity index (χ1n) is 13.1. The highest BCUT2D eigenvalue weighted by Gasteiger charge is 2.72. The Labute approximate surface area is 219 Å². The number of cyclic esters (lactones) is 1. The van der Waals surface area contributed by atoms with Crippen LogP contribution in [0.2, 0.25) is 0 Å². The molecule has 200 valence electrons. The topological polar surface area (TPSA) is 127 Å². The number of aliphatic hydroxyl groups is 1. The fourth-order valence-electron chi connectivity index (χ4n) is 6.44. The molecule has 4 aliphatic rings. The van der Waals surface area contributed by atoms with E-state index >= 15 is 0 Å². The third-order valence-corrected chi connectivity index (χ3v) is 8.50. The number of rotatable bonds is 6. The van der Waals surface area contributed by atoms with E-state index in [1.807, 2.05) is 44.2 Å². The summed E-state index contributed by atoms with van der Waals surface area (Å²) in [5.74, 6) is -3.15. The molecule has 1 aromatic carbocycles. The Morgan fingerprint density at radius 1 is 1.18 bits per heavy atom. The Bertz CT molecular complexity index is 1340.